The second-order valence-electron chi connectivity index (χ2n) is 6.39. The van der Waals surface area contributed by atoms with E-state index >= 15 is 0 Å². The summed E-state index contributed by atoms with van der Waals surface area (Å²) < 4.78 is 23.6. The first-order chi connectivity index (χ1) is 13.6. The number of carbonyl (C=O) groups is 1. The number of para-hydroxylation sites is 1. The van der Waals surface area contributed by atoms with Crippen molar-refractivity contribution in [3.8, 4) is 17.1 Å². The fourth-order valence-corrected chi connectivity index (χ4v) is 3.75. The summed E-state index contributed by atoms with van der Waals surface area (Å²) in [5, 5.41) is 4.05. The van der Waals surface area contributed by atoms with Crippen molar-refractivity contribution in [1.82, 2.24) is 15.0 Å². The first-order valence-corrected chi connectivity index (χ1v) is 9.75. The first kappa shape index (κ1) is 18.5. The van der Waals surface area contributed by atoms with Gasteiger partial charge in [0, 0.05) is 18.0 Å². The maximum atomic E-state index is 12.9. The van der Waals surface area contributed by atoms with Crippen molar-refractivity contribution < 1.29 is 18.4 Å². The molecule has 0 aliphatic carbocycles. The van der Waals surface area contributed by atoms with Gasteiger partial charge in [-0.1, -0.05) is 17.3 Å². The summed E-state index contributed by atoms with van der Waals surface area (Å²) in [5.74, 6) is 1.78. The van der Waals surface area contributed by atoms with Crippen LogP contribution in [0.5, 0.6) is 5.75 Å². The van der Waals surface area contributed by atoms with Crippen LogP contribution in [0, 0.1) is 5.82 Å². The topological polar surface area (TPSA) is 68.5 Å². The van der Waals surface area contributed by atoms with Crippen LogP contribution in [0.2, 0.25) is 0 Å². The molecule has 0 radical (unpaired) electrons. The van der Waals surface area contributed by atoms with Crippen molar-refractivity contribution in [2.24, 2.45) is 0 Å². The standard InChI is InChI=1S/C20H18FN3O3S/c1-26-17-5-3-2-4-16(17)19-22-20(27-23-19)13-10-24(11-13)18(25)12-28-15-8-6-14(21)7-9-15/h2-9,13H,10-12H2,1H3. The van der Waals surface area contributed by atoms with Gasteiger partial charge in [-0.05, 0) is 36.4 Å². The van der Waals surface area contributed by atoms with Crippen molar-refractivity contribution in [2.75, 3.05) is 26.0 Å². The van der Waals surface area contributed by atoms with Crippen LogP contribution in [-0.4, -0.2) is 46.9 Å². The highest BCUT2D eigenvalue weighted by molar-refractivity contribution is 8.00. The van der Waals surface area contributed by atoms with Crippen LogP contribution in [-0.2, 0) is 4.79 Å². The molecule has 0 atom stereocenters. The van der Waals surface area contributed by atoms with E-state index in [0.717, 1.165) is 10.5 Å². The molecule has 0 bridgehead atoms. The minimum Gasteiger partial charge on any atom is -0.496 e. The van der Waals surface area contributed by atoms with Crippen LogP contribution >= 0.6 is 11.8 Å². The van der Waals surface area contributed by atoms with Gasteiger partial charge in [0.1, 0.15) is 11.6 Å². The number of hydrogen-bond acceptors (Lipinski definition) is 6. The Morgan fingerprint density at radius 1 is 1.25 bits per heavy atom. The zero-order chi connectivity index (χ0) is 19.5. The number of amides is 1. The Bertz CT molecular complexity index is 971. The van der Waals surface area contributed by atoms with Crippen molar-refractivity contribution in [3.63, 3.8) is 0 Å². The summed E-state index contributed by atoms with van der Waals surface area (Å²) in [6.45, 7) is 1.10. The Balaban J connectivity index is 1.32. The zero-order valence-electron chi connectivity index (χ0n) is 15.2. The number of nitrogens with zero attached hydrogens (tertiary/aromatic N) is 3. The second kappa shape index (κ2) is 8.02. The summed E-state index contributed by atoms with van der Waals surface area (Å²) in [6.07, 6.45) is 0. The normalized spacial score (nSPS) is 14.0. The number of thioether (sulfide) groups is 1. The Labute approximate surface area is 165 Å². The number of benzene rings is 2. The number of rotatable bonds is 6. The Morgan fingerprint density at radius 2 is 2.00 bits per heavy atom. The predicted octanol–water partition coefficient (Wildman–Crippen LogP) is 3.60. The van der Waals surface area contributed by atoms with Crippen LogP contribution in [0.3, 0.4) is 0 Å². The highest BCUT2D eigenvalue weighted by Gasteiger charge is 2.35. The molecule has 1 aliphatic rings. The van der Waals surface area contributed by atoms with Gasteiger partial charge >= 0.3 is 0 Å². The summed E-state index contributed by atoms with van der Waals surface area (Å²) in [5.41, 5.74) is 0.767. The molecule has 3 aromatic rings. The van der Waals surface area contributed by atoms with E-state index in [1.54, 1.807) is 24.1 Å². The minimum atomic E-state index is -0.284. The Kier molecular flexibility index (Phi) is 5.29. The first-order valence-electron chi connectivity index (χ1n) is 8.77. The minimum absolute atomic E-state index is 0.0371. The number of methoxy groups -OCH3 is 1. The van der Waals surface area contributed by atoms with Crippen LogP contribution in [0.15, 0.2) is 57.9 Å². The molecule has 28 heavy (non-hydrogen) atoms. The lowest BCUT2D eigenvalue weighted by atomic mass is 10.0. The van der Waals surface area contributed by atoms with Gasteiger partial charge in [0.2, 0.25) is 17.6 Å². The van der Waals surface area contributed by atoms with Gasteiger partial charge in [-0.2, -0.15) is 4.98 Å². The third kappa shape index (κ3) is 3.87. The van der Waals surface area contributed by atoms with E-state index in [4.69, 9.17) is 9.26 Å². The summed E-state index contributed by atoms with van der Waals surface area (Å²) in [7, 11) is 1.60. The number of aromatic nitrogens is 2. The van der Waals surface area contributed by atoms with E-state index in [-0.39, 0.29) is 17.6 Å². The Morgan fingerprint density at radius 3 is 2.75 bits per heavy atom. The van der Waals surface area contributed by atoms with Crippen LogP contribution in [0.1, 0.15) is 11.8 Å². The molecule has 1 aliphatic heterocycles. The molecule has 0 saturated carbocycles. The van der Waals surface area contributed by atoms with E-state index in [2.05, 4.69) is 10.1 Å². The van der Waals surface area contributed by atoms with Gasteiger partial charge < -0.3 is 14.2 Å². The molecule has 1 amide bonds. The highest BCUT2D eigenvalue weighted by atomic mass is 32.2. The van der Waals surface area contributed by atoms with Crippen LogP contribution < -0.4 is 4.74 Å². The van der Waals surface area contributed by atoms with Gasteiger partial charge in [-0.3, -0.25) is 4.79 Å². The fourth-order valence-electron chi connectivity index (χ4n) is 2.95. The van der Waals surface area contributed by atoms with Crippen molar-refractivity contribution in [3.05, 3.63) is 60.2 Å². The molecule has 144 valence electrons. The lowest BCUT2D eigenvalue weighted by molar-refractivity contribution is -0.133. The van der Waals surface area contributed by atoms with Gasteiger partial charge in [-0.25, -0.2) is 4.39 Å². The molecule has 8 heteroatoms. The SMILES string of the molecule is COc1ccccc1-c1noc(C2CN(C(=O)CSc3ccc(F)cc3)C2)n1. The molecule has 2 heterocycles. The van der Waals surface area contributed by atoms with Crippen LogP contribution in [0.25, 0.3) is 11.4 Å². The molecular weight excluding hydrogens is 381 g/mol. The number of carbonyl (C=O) groups excluding carboxylic acids is 1. The summed E-state index contributed by atoms with van der Waals surface area (Å²) >= 11 is 1.39. The average molecular weight is 399 g/mol. The van der Waals surface area contributed by atoms with Gasteiger partial charge in [-0.15, -0.1) is 11.8 Å². The largest absolute Gasteiger partial charge is 0.496 e. The van der Waals surface area contributed by atoms with E-state index in [9.17, 15) is 9.18 Å². The van der Waals surface area contributed by atoms with Crippen molar-refractivity contribution >= 4 is 17.7 Å². The average Bonchev–Trinajstić information content (AvgIpc) is 3.16. The molecule has 2 aromatic carbocycles. The van der Waals surface area contributed by atoms with Gasteiger partial charge in [0.25, 0.3) is 0 Å². The molecule has 0 unspecified atom stereocenters. The number of ether oxygens (including phenoxy) is 1. The third-order valence-electron chi connectivity index (χ3n) is 4.55. The maximum Gasteiger partial charge on any atom is 0.233 e. The molecule has 1 saturated heterocycles. The zero-order valence-corrected chi connectivity index (χ0v) is 16.0. The monoisotopic (exact) mass is 399 g/mol. The summed E-state index contributed by atoms with van der Waals surface area (Å²) in [6, 6.07) is 13.6. The quantitative estimate of drug-likeness (QED) is 0.590. The van der Waals surface area contributed by atoms with Gasteiger partial charge in [0.05, 0.1) is 24.3 Å². The second-order valence-corrected chi connectivity index (χ2v) is 7.44. The van der Waals surface area contributed by atoms with E-state index in [1.807, 2.05) is 24.3 Å². The van der Waals surface area contributed by atoms with E-state index in [1.165, 1.54) is 23.9 Å². The van der Waals surface area contributed by atoms with Gasteiger partial charge in [0.15, 0.2) is 0 Å². The highest BCUT2D eigenvalue weighted by Crippen LogP contribution is 2.31. The number of halogens is 1. The molecule has 4 rings (SSSR count). The molecule has 1 fully saturated rings. The van der Waals surface area contributed by atoms with E-state index in [0.29, 0.717) is 36.3 Å². The van der Waals surface area contributed by atoms with Crippen molar-refractivity contribution in [1.29, 1.82) is 0 Å². The Hall–Kier alpha value is -2.87. The fraction of sp³-hybridized carbons (Fsp3) is 0.250. The third-order valence-corrected chi connectivity index (χ3v) is 5.55. The summed E-state index contributed by atoms with van der Waals surface area (Å²) in [4.78, 5) is 19.4. The van der Waals surface area contributed by atoms with Crippen LogP contribution in [0.4, 0.5) is 4.39 Å². The predicted molar refractivity (Wildman–Crippen MR) is 103 cm³/mol. The maximum absolute atomic E-state index is 12.9. The molecule has 6 nitrogen and oxygen atoms in total. The molecule has 1 aromatic heterocycles. The molecule has 0 spiro atoms. The number of hydrogen-bond donors (Lipinski definition) is 0. The van der Waals surface area contributed by atoms with E-state index < -0.39 is 0 Å². The lowest BCUT2D eigenvalue weighted by Crippen LogP contribution is -2.49. The number of likely N-dealkylation sites (tertiary alicyclic amines) is 1. The lowest BCUT2D eigenvalue weighted by Gasteiger charge is -2.37. The molecule has 0 N–H and O–H groups in total. The smallest absolute Gasteiger partial charge is 0.233 e. The van der Waals surface area contributed by atoms with Crippen molar-refractivity contribution in [2.45, 2.75) is 10.8 Å². The molecular formula is C20H18FN3O3S.